The van der Waals surface area contributed by atoms with Crippen molar-refractivity contribution in [1.82, 2.24) is 4.90 Å². The molecule has 0 N–H and O–H groups in total. The zero-order valence-corrected chi connectivity index (χ0v) is 38.1. The van der Waals surface area contributed by atoms with Gasteiger partial charge in [0.15, 0.2) is 8.32 Å². The number of unbranched alkanes of at least 4 members (excludes halogenated alkanes) is 33. The molecule has 0 aromatic rings. The van der Waals surface area contributed by atoms with Crippen molar-refractivity contribution >= 4 is 8.32 Å². The second kappa shape index (κ2) is 38.4. The van der Waals surface area contributed by atoms with Crippen LogP contribution in [0.4, 0.5) is 0 Å². The van der Waals surface area contributed by atoms with Crippen LogP contribution in [-0.2, 0) is 4.43 Å². The van der Waals surface area contributed by atoms with Crippen molar-refractivity contribution in [1.29, 1.82) is 0 Å². The molecule has 0 radical (unpaired) electrons. The third-order valence-corrected chi connectivity index (χ3v) is 16.8. The van der Waals surface area contributed by atoms with E-state index in [4.69, 9.17) is 4.43 Å². The van der Waals surface area contributed by atoms with Crippen molar-refractivity contribution in [3.05, 3.63) is 0 Å². The predicted molar refractivity (Wildman–Crippen MR) is 237 cm³/mol. The van der Waals surface area contributed by atoms with Crippen molar-refractivity contribution in [2.75, 3.05) is 26.2 Å². The van der Waals surface area contributed by atoms with E-state index in [0.29, 0.717) is 5.04 Å². The molecule has 0 aliphatic carbocycles. The summed E-state index contributed by atoms with van der Waals surface area (Å²) in [7, 11) is -1.56. The van der Waals surface area contributed by atoms with Gasteiger partial charge in [0.05, 0.1) is 0 Å². The van der Waals surface area contributed by atoms with Gasteiger partial charge in [-0.05, 0) is 63.4 Å². The van der Waals surface area contributed by atoms with Gasteiger partial charge < -0.3 is 9.33 Å². The Hall–Kier alpha value is 0.137. The predicted octanol–water partition coefficient (Wildman–Crippen LogP) is 17.4. The number of hydrogen-bond acceptors (Lipinski definition) is 2. The van der Waals surface area contributed by atoms with E-state index in [-0.39, 0.29) is 0 Å². The summed E-state index contributed by atoms with van der Waals surface area (Å²) in [5.41, 5.74) is 0. The summed E-state index contributed by atoms with van der Waals surface area (Å²) >= 11 is 0. The summed E-state index contributed by atoms with van der Waals surface area (Å²) in [6.45, 7) is 21.5. The van der Waals surface area contributed by atoms with Crippen LogP contribution in [-0.4, -0.2) is 39.5 Å². The van der Waals surface area contributed by atoms with Gasteiger partial charge in [-0.25, -0.2) is 0 Å². The first-order chi connectivity index (χ1) is 24.7. The monoisotopic (exact) mass is 736 g/mol. The molecule has 0 rings (SSSR count). The molecule has 0 saturated heterocycles. The van der Waals surface area contributed by atoms with E-state index in [9.17, 15) is 0 Å². The van der Waals surface area contributed by atoms with Crippen LogP contribution in [0.25, 0.3) is 0 Å². The minimum absolute atomic E-state index is 0.334. The highest BCUT2D eigenvalue weighted by atomic mass is 28.4. The summed E-state index contributed by atoms with van der Waals surface area (Å²) in [6.07, 6.45) is 52.0. The second-order valence-electron chi connectivity index (χ2n) is 18.5. The molecule has 0 aliphatic heterocycles. The average molecular weight is 736 g/mol. The molecule has 51 heavy (non-hydrogen) atoms. The average Bonchev–Trinajstić information content (AvgIpc) is 3.09. The highest BCUT2D eigenvalue weighted by Crippen LogP contribution is 2.36. The smallest absolute Gasteiger partial charge is 0.191 e. The van der Waals surface area contributed by atoms with Crippen LogP contribution >= 0.6 is 0 Å². The normalized spacial score (nSPS) is 12.5. The van der Waals surface area contributed by atoms with E-state index in [1.54, 1.807) is 0 Å². The SMILES string of the molecule is CCCCCCCCCCCCCCCCN(CCCCCCCCCCCCCCCC)CCCCCCCCCCO[Si](C)(C)C(C)(C)C. The molecule has 0 unspecified atom stereocenters. The lowest BCUT2D eigenvalue weighted by atomic mass is 10.0. The van der Waals surface area contributed by atoms with Crippen LogP contribution in [0.15, 0.2) is 0 Å². The lowest BCUT2D eigenvalue weighted by Gasteiger charge is -2.36. The number of rotatable bonds is 42. The van der Waals surface area contributed by atoms with E-state index in [0.717, 1.165) is 6.61 Å². The largest absolute Gasteiger partial charge is 0.417 e. The Kier molecular flexibility index (Phi) is 38.5. The minimum atomic E-state index is -1.56. The maximum atomic E-state index is 6.37. The molecule has 0 atom stereocenters. The van der Waals surface area contributed by atoms with Crippen LogP contribution in [0.1, 0.15) is 266 Å². The Balaban J connectivity index is 4.04. The molecule has 0 spiro atoms. The van der Waals surface area contributed by atoms with Gasteiger partial charge >= 0.3 is 0 Å². The highest BCUT2D eigenvalue weighted by Gasteiger charge is 2.36. The highest BCUT2D eigenvalue weighted by molar-refractivity contribution is 6.74. The van der Waals surface area contributed by atoms with Crippen LogP contribution in [0.2, 0.25) is 18.1 Å². The maximum absolute atomic E-state index is 6.37. The number of hydrogen-bond donors (Lipinski definition) is 0. The molecular weight excluding hydrogens is 635 g/mol. The Morgan fingerprint density at radius 1 is 0.333 bits per heavy atom. The zero-order chi connectivity index (χ0) is 37.6. The van der Waals surface area contributed by atoms with E-state index < -0.39 is 8.32 Å². The molecule has 0 saturated carbocycles. The lowest BCUT2D eigenvalue weighted by molar-refractivity contribution is 0.254. The third-order valence-electron chi connectivity index (χ3n) is 12.3. The Labute approximate surface area is 326 Å². The van der Waals surface area contributed by atoms with Crippen molar-refractivity contribution in [3.8, 4) is 0 Å². The van der Waals surface area contributed by atoms with Crippen LogP contribution in [0, 0.1) is 0 Å². The fourth-order valence-electron chi connectivity index (χ4n) is 7.44. The van der Waals surface area contributed by atoms with E-state index in [1.165, 1.54) is 251 Å². The summed E-state index contributed by atoms with van der Waals surface area (Å²) in [5.74, 6) is 0. The Bertz CT molecular complexity index is 626. The quantitative estimate of drug-likeness (QED) is 0.0457. The van der Waals surface area contributed by atoms with Gasteiger partial charge in [-0.1, -0.05) is 240 Å². The third kappa shape index (κ3) is 36.9. The van der Waals surface area contributed by atoms with Gasteiger partial charge in [-0.3, -0.25) is 0 Å². The van der Waals surface area contributed by atoms with E-state index in [1.807, 2.05) is 0 Å². The molecule has 0 aromatic heterocycles. The first-order valence-electron chi connectivity index (χ1n) is 24.1. The van der Waals surface area contributed by atoms with E-state index in [2.05, 4.69) is 52.6 Å². The van der Waals surface area contributed by atoms with Gasteiger partial charge in [0.25, 0.3) is 0 Å². The molecule has 0 aromatic carbocycles. The molecule has 0 aliphatic rings. The Morgan fingerprint density at radius 3 is 0.784 bits per heavy atom. The Morgan fingerprint density at radius 2 is 0.549 bits per heavy atom. The first-order valence-corrected chi connectivity index (χ1v) is 27.0. The van der Waals surface area contributed by atoms with Crippen molar-refractivity contribution in [2.45, 2.75) is 284 Å². The molecule has 0 heterocycles. The first kappa shape index (κ1) is 51.1. The molecule has 3 heteroatoms. The van der Waals surface area contributed by atoms with Crippen LogP contribution in [0.5, 0.6) is 0 Å². The summed E-state index contributed by atoms with van der Waals surface area (Å²) in [4.78, 5) is 2.86. The standard InChI is InChI=1S/C48H101NOSi/c1-8-10-12-14-16-18-20-22-24-26-28-32-36-40-44-49(45-41-37-33-29-27-25-23-21-19-17-15-13-11-9-2)46-42-38-34-30-31-35-39-43-47-50-51(6,7)48(3,4)5/h8-47H2,1-7H3. The lowest BCUT2D eigenvalue weighted by Crippen LogP contribution is -2.40. The molecule has 0 bridgehead atoms. The summed E-state index contributed by atoms with van der Waals surface area (Å²) in [5, 5.41) is 0.334. The molecule has 308 valence electrons. The topological polar surface area (TPSA) is 12.5 Å². The number of nitrogens with zero attached hydrogens (tertiary/aromatic N) is 1. The van der Waals surface area contributed by atoms with Crippen molar-refractivity contribution in [3.63, 3.8) is 0 Å². The van der Waals surface area contributed by atoms with Crippen molar-refractivity contribution < 1.29 is 4.43 Å². The fraction of sp³-hybridized carbons (Fsp3) is 1.00. The maximum Gasteiger partial charge on any atom is 0.191 e. The molecule has 0 fully saturated rings. The van der Waals surface area contributed by atoms with Crippen LogP contribution < -0.4 is 0 Å². The molecule has 2 nitrogen and oxygen atoms in total. The van der Waals surface area contributed by atoms with Gasteiger partial charge in [-0.2, -0.15) is 0 Å². The van der Waals surface area contributed by atoms with Gasteiger partial charge in [0, 0.05) is 6.61 Å². The zero-order valence-electron chi connectivity index (χ0n) is 37.1. The minimum Gasteiger partial charge on any atom is -0.417 e. The summed E-state index contributed by atoms with van der Waals surface area (Å²) < 4.78 is 6.37. The van der Waals surface area contributed by atoms with Crippen molar-refractivity contribution in [2.24, 2.45) is 0 Å². The van der Waals surface area contributed by atoms with E-state index >= 15 is 0 Å². The van der Waals surface area contributed by atoms with Gasteiger partial charge in [0.2, 0.25) is 0 Å². The fourth-order valence-corrected chi connectivity index (χ4v) is 8.52. The second-order valence-corrected chi connectivity index (χ2v) is 23.3. The molecule has 0 amide bonds. The van der Waals surface area contributed by atoms with Gasteiger partial charge in [0.1, 0.15) is 0 Å². The molecular formula is C48H101NOSi. The summed E-state index contributed by atoms with van der Waals surface area (Å²) in [6, 6.07) is 0. The van der Waals surface area contributed by atoms with Gasteiger partial charge in [-0.15, -0.1) is 0 Å². The van der Waals surface area contributed by atoms with Crippen LogP contribution in [0.3, 0.4) is 0 Å².